The number of aromatic nitrogens is 2. The number of fused-ring (bicyclic) bond motifs is 3. The third-order valence-corrected chi connectivity index (χ3v) is 6.46. The zero-order chi connectivity index (χ0) is 19.0. The number of rotatable bonds is 4. The van der Waals surface area contributed by atoms with Gasteiger partial charge in [0.1, 0.15) is 11.4 Å². The highest BCUT2D eigenvalue weighted by Crippen LogP contribution is 2.33. The number of nitrogens with zero attached hydrogens (tertiary/aromatic N) is 3. The Morgan fingerprint density at radius 1 is 1.26 bits per heavy atom. The van der Waals surface area contributed by atoms with Crippen molar-refractivity contribution >= 4 is 39.1 Å². The van der Waals surface area contributed by atoms with Crippen molar-refractivity contribution in [1.29, 1.82) is 0 Å². The quantitative estimate of drug-likeness (QED) is 0.670. The molecule has 140 valence electrons. The van der Waals surface area contributed by atoms with Gasteiger partial charge in [-0.15, -0.1) is 11.3 Å². The third kappa shape index (κ3) is 3.64. The standard InChI is InChI=1S/C20H20ClN3O2S/c1-23(10-13-6-8-14(21)9-7-13)17(25)11-24-12-22-19-18(20(24)26)15-4-2-3-5-16(15)27-19/h6-9,12H,2-5,10-11H2,1H3. The monoisotopic (exact) mass is 401 g/mol. The zero-order valence-electron chi connectivity index (χ0n) is 15.1. The molecule has 2 heterocycles. The van der Waals surface area contributed by atoms with Crippen molar-refractivity contribution in [2.24, 2.45) is 0 Å². The lowest BCUT2D eigenvalue weighted by atomic mass is 9.97. The second kappa shape index (κ2) is 7.44. The van der Waals surface area contributed by atoms with Gasteiger partial charge in [-0.2, -0.15) is 0 Å². The topological polar surface area (TPSA) is 55.2 Å². The number of thiophene rings is 1. The Labute approximate surface area is 166 Å². The van der Waals surface area contributed by atoms with Gasteiger partial charge < -0.3 is 4.90 Å². The van der Waals surface area contributed by atoms with Crippen LogP contribution >= 0.6 is 22.9 Å². The minimum Gasteiger partial charge on any atom is -0.340 e. The first-order valence-corrected chi connectivity index (χ1v) is 10.2. The van der Waals surface area contributed by atoms with E-state index >= 15 is 0 Å². The molecule has 0 fully saturated rings. The van der Waals surface area contributed by atoms with Crippen molar-refractivity contribution in [3.05, 3.63) is 62.0 Å². The van der Waals surface area contributed by atoms with Gasteiger partial charge in [-0.3, -0.25) is 14.2 Å². The number of amides is 1. The van der Waals surface area contributed by atoms with E-state index in [0.717, 1.165) is 35.2 Å². The second-order valence-corrected chi connectivity index (χ2v) is 8.46. The van der Waals surface area contributed by atoms with E-state index < -0.39 is 0 Å². The van der Waals surface area contributed by atoms with Crippen LogP contribution in [-0.2, 0) is 30.7 Å². The van der Waals surface area contributed by atoms with E-state index in [9.17, 15) is 9.59 Å². The molecule has 0 bridgehead atoms. The molecule has 7 heteroatoms. The molecule has 1 aromatic carbocycles. The second-order valence-electron chi connectivity index (χ2n) is 6.94. The Morgan fingerprint density at radius 2 is 2.00 bits per heavy atom. The molecule has 1 aliphatic rings. The molecule has 0 saturated heterocycles. The minimum atomic E-state index is -0.128. The van der Waals surface area contributed by atoms with Gasteiger partial charge in [0.25, 0.3) is 5.56 Å². The van der Waals surface area contributed by atoms with Gasteiger partial charge in [0.05, 0.1) is 11.7 Å². The molecule has 2 aromatic heterocycles. The van der Waals surface area contributed by atoms with Crippen molar-refractivity contribution in [3.63, 3.8) is 0 Å². The molecule has 1 amide bonds. The lowest BCUT2D eigenvalue weighted by Crippen LogP contribution is -2.33. The van der Waals surface area contributed by atoms with Crippen LogP contribution in [0.1, 0.15) is 28.8 Å². The fraction of sp³-hybridized carbons (Fsp3) is 0.350. The molecule has 5 nitrogen and oxygen atoms in total. The van der Waals surface area contributed by atoms with Crippen LogP contribution < -0.4 is 5.56 Å². The first kappa shape index (κ1) is 18.2. The number of halogens is 1. The van der Waals surface area contributed by atoms with E-state index in [1.54, 1.807) is 35.4 Å². The Balaban J connectivity index is 1.55. The van der Waals surface area contributed by atoms with E-state index in [1.807, 2.05) is 12.1 Å². The number of aryl methyl sites for hydroxylation is 2. The van der Waals surface area contributed by atoms with Gasteiger partial charge in [0.15, 0.2) is 0 Å². The van der Waals surface area contributed by atoms with Gasteiger partial charge in [0.2, 0.25) is 5.91 Å². The van der Waals surface area contributed by atoms with Gasteiger partial charge in [0, 0.05) is 23.5 Å². The summed E-state index contributed by atoms with van der Waals surface area (Å²) < 4.78 is 1.44. The average Bonchev–Trinajstić information content (AvgIpc) is 3.05. The summed E-state index contributed by atoms with van der Waals surface area (Å²) in [4.78, 5) is 33.7. The van der Waals surface area contributed by atoms with Crippen molar-refractivity contribution in [2.75, 3.05) is 7.05 Å². The van der Waals surface area contributed by atoms with Crippen LogP contribution in [0, 0.1) is 0 Å². The van der Waals surface area contributed by atoms with Gasteiger partial charge in [-0.05, 0) is 48.9 Å². The summed E-state index contributed by atoms with van der Waals surface area (Å²) in [6.45, 7) is 0.463. The Bertz CT molecular complexity index is 1060. The van der Waals surface area contributed by atoms with Gasteiger partial charge in [-0.1, -0.05) is 23.7 Å². The summed E-state index contributed by atoms with van der Waals surface area (Å²) in [7, 11) is 1.74. The van der Waals surface area contributed by atoms with E-state index in [2.05, 4.69) is 4.98 Å². The number of benzene rings is 1. The predicted octanol–water partition coefficient (Wildman–Crippen LogP) is 3.65. The molecule has 3 aromatic rings. The predicted molar refractivity (Wildman–Crippen MR) is 108 cm³/mol. The fourth-order valence-corrected chi connectivity index (χ4v) is 4.86. The van der Waals surface area contributed by atoms with Crippen LogP contribution in [0.25, 0.3) is 10.2 Å². The molecule has 0 radical (unpaired) electrons. The Morgan fingerprint density at radius 3 is 2.78 bits per heavy atom. The van der Waals surface area contributed by atoms with E-state index in [1.165, 1.54) is 22.2 Å². The minimum absolute atomic E-state index is 0.00349. The third-order valence-electron chi connectivity index (χ3n) is 5.01. The van der Waals surface area contributed by atoms with Gasteiger partial charge in [-0.25, -0.2) is 4.98 Å². The first-order chi connectivity index (χ1) is 13.0. The lowest BCUT2D eigenvalue weighted by molar-refractivity contribution is -0.131. The van der Waals surface area contributed by atoms with Crippen LogP contribution in [-0.4, -0.2) is 27.4 Å². The van der Waals surface area contributed by atoms with Crippen LogP contribution in [0.2, 0.25) is 5.02 Å². The average molecular weight is 402 g/mol. The first-order valence-electron chi connectivity index (χ1n) is 9.01. The maximum Gasteiger partial charge on any atom is 0.262 e. The van der Waals surface area contributed by atoms with Crippen LogP contribution in [0.4, 0.5) is 0 Å². The largest absolute Gasteiger partial charge is 0.340 e. The lowest BCUT2D eigenvalue weighted by Gasteiger charge is -2.18. The molecule has 0 spiro atoms. The van der Waals surface area contributed by atoms with E-state index in [-0.39, 0.29) is 18.0 Å². The molecular formula is C20H20ClN3O2S. The summed E-state index contributed by atoms with van der Waals surface area (Å²) in [5, 5.41) is 1.38. The number of carbonyl (C=O) groups excluding carboxylic acids is 1. The van der Waals surface area contributed by atoms with Crippen molar-refractivity contribution in [1.82, 2.24) is 14.5 Å². The van der Waals surface area contributed by atoms with Crippen molar-refractivity contribution in [3.8, 4) is 0 Å². The summed E-state index contributed by atoms with van der Waals surface area (Å²) in [6.07, 6.45) is 5.73. The molecule has 0 atom stereocenters. The number of carbonyl (C=O) groups is 1. The Hall–Kier alpha value is -2.18. The van der Waals surface area contributed by atoms with Crippen molar-refractivity contribution in [2.45, 2.75) is 38.8 Å². The van der Waals surface area contributed by atoms with Crippen LogP contribution in [0.5, 0.6) is 0 Å². The highest BCUT2D eigenvalue weighted by Gasteiger charge is 2.21. The van der Waals surface area contributed by atoms with Crippen LogP contribution in [0.3, 0.4) is 0 Å². The maximum atomic E-state index is 13.0. The molecule has 0 unspecified atom stereocenters. The summed E-state index contributed by atoms with van der Waals surface area (Å²) in [5.74, 6) is -0.128. The summed E-state index contributed by atoms with van der Waals surface area (Å²) in [5.41, 5.74) is 2.03. The van der Waals surface area contributed by atoms with E-state index in [0.29, 0.717) is 17.0 Å². The SMILES string of the molecule is CN(Cc1ccc(Cl)cc1)C(=O)Cn1cnc2sc3c(c2c1=O)CCCC3. The van der Waals surface area contributed by atoms with Crippen LogP contribution in [0.15, 0.2) is 35.4 Å². The Kier molecular flexibility index (Phi) is 5.02. The maximum absolute atomic E-state index is 13.0. The number of likely N-dealkylation sites (N-methyl/N-ethyl adjacent to an activating group) is 1. The smallest absolute Gasteiger partial charge is 0.262 e. The zero-order valence-corrected chi connectivity index (χ0v) is 16.6. The molecule has 4 rings (SSSR count). The van der Waals surface area contributed by atoms with E-state index in [4.69, 9.17) is 11.6 Å². The van der Waals surface area contributed by atoms with Crippen molar-refractivity contribution < 1.29 is 4.79 Å². The molecule has 27 heavy (non-hydrogen) atoms. The molecule has 0 N–H and O–H groups in total. The normalized spacial score (nSPS) is 13.6. The molecule has 1 aliphatic carbocycles. The summed E-state index contributed by atoms with van der Waals surface area (Å²) >= 11 is 7.52. The fourth-order valence-electron chi connectivity index (χ4n) is 3.51. The number of hydrogen-bond acceptors (Lipinski definition) is 4. The highest BCUT2D eigenvalue weighted by atomic mass is 35.5. The molecular weight excluding hydrogens is 382 g/mol. The highest BCUT2D eigenvalue weighted by molar-refractivity contribution is 7.18. The molecule has 0 saturated carbocycles. The molecule has 0 aliphatic heterocycles. The van der Waals surface area contributed by atoms with Gasteiger partial charge >= 0.3 is 0 Å². The number of hydrogen-bond donors (Lipinski definition) is 0. The summed E-state index contributed by atoms with van der Waals surface area (Å²) in [6, 6.07) is 7.39.